The van der Waals surface area contributed by atoms with E-state index in [-0.39, 0.29) is 5.82 Å². The number of hydrogen-bond donors (Lipinski definition) is 3. The molecule has 0 radical (unpaired) electrons. The fraction of sp³-hybridized carbons (Fsp3) is 0.0909. The van der Waals surface area contributed by atoms with Gasteiger partial charge in [-0.1, -0.05) is 12.1 Å². The Kier molecular flexibility index (Phi) is 3.20. The Bertz CT molecular complexity index is 693. The average molecular weight is 243 g/mol. The molecule has 0 aliphatic carbocycles. The van der Waals surface area contributed by atoms with Crippen molar-refractivity contribution in [2.75, 3.05) is 5.32 Å². The highest BCUT2D eigenvalue weighted by molar-refractivity contribution is 5.35. The third-order valence-corrected chi connectivity index (χ3v) is 2.25. The van der Waals surface area contributed by atoms with Gasteiger partial charge >= 0.3 is 5.69 Å². The molecule has 0 unspecified atom stereocenters. The van der Waals surface area contributed by atoms with E-state index in [0.717, 1.165) is 5.56 Å². The number of H-pyrrole nitrogens is 2. The number of nitrogens with zero attached hydrogens (tertiary/aromatic N) is 2. The third kappa shape index (κ3) is 2.62. The van der Waals surface area contributed by atoms with Crippen molar-refractivity contribution >= 4 is 5.82 Å². The molecule has 0 amide bonds. The summed E-state index contributed by atoms with van der Waals surface area (Å²) < 4.78 is 0. The molecule has 1 aromatic carbocycles. The number of aromatic nitrogens is 3. The Morgan fingerprint density at radius 1 is 1.28 bits per heavy atom. The Morgan fingerprint density at radius 2 is 2.00 bits per heavy atom. The maximum Gasteiger partial charge on any atom is 0.342 e. The molecular formula is C11H9N5O2. The van der Waals surface area contributed by atoms with Crippen LogP contribution in [-0.2, 0) is 6.54 Å². The zero-order chi connectivity index (χ0) is 13.0. The van der Waals surface area contributed by atoms with Gasteiger partial charge in [0.15, 0.2) is 0 Å². The van der Waals surface area contributed by atoms with Crippen LogP contribution in [0.3, 0.4) is 0 Å². The molecule has 0 fully saturated rings. The van der Waals surface area contributed by atoms with Gasteiger partial charge in [-0.25, -0.2) is 9.89 Å². The first-order chi connectivity index (χ1) is 8.69. The quantitative estimate of drug-likeness (QED) is 0.698. The lowest BCUT2D eigenvalue weighted by molar-refractivity contribution is 0.883. The first-order valence-electron chi connectivity index (χ1n) is 5.11. The molecule has 1 heterocycles. The monoisotopic (exact) mass is 243 g/mol. The first kappa shape index (κ1) is 11.6. The van der Waals surface area contributed by atoms with Crippen molar-refractivity contribution in [3.05, 3.63) is 56.2 Å². The van der Waals surface area contributed by atoms with Crippen molar-refractivity contribution in [1.82, 2.24) is 15.2 Å². The van der Waals surface area contributed by atoms with Crippen LogP contribution in [0.1, 0.15) is 11.1 Å². The minimum atomic E-state index is -0.649. The van der Waals surface area contributed by atoms with Gasteiger partial charge in [0.05, 0.1) is 11.6 Å². The third-order valence-electron chi connectivity index (χ3n) is 2.25. The zero-order valence-electron chi connectivity index (χ0n) is 9.23. The Hall–Kier alpha value is -2.88. The standard InChI is InChI=1S/C11H9N5O2/c12-5-7-1-3-8(4-2-7)6-13-9-10(17)14-11(18)16-15-9/h1-4H,6H2,(H,13,15)(H2,14,16,17,18). The van der Waals surface area contributed by atoms with E-state index < -0.39 is 11.2 Å². The molecule has 0 saturated heterocycles. The van der Waals surface area contributed by atoms with Crippen molar-refractivity contribution in [1.29, 1.82) is 5.26 Å². The van der Waals surface area contributed by atoms with Crippen molar-refractivity contribution < 1.29 is 0 Å². The van der Waals surface area contributed by atoms with E-state index in [9.17, 15) is 9.59 Å². The minimum absolute atomic E-state index is 0.0407. The van der Waals surface area contributed by atoms with Crippen molar-refractivity contribution in [3.8, 4) is 6.07 Å². The SMILES string of the molecule is N#Cc1ccc(CNc2n[nH]c(=O)[nH]c2=O)cc1. The molecule has 2 rings (SSSR count). The maximum absolute atomic E-state index is 11.3. The van der Waals surface area contributed by atoms with Gasteiger partial charge in [0, 0.05) is 6.54 Å². The Balaban J connectivity index is 2.09. The number of anilines is 1. The van der Waals surface area contributed by atoms with Crippen LogP contribution in [0.5, 0.6) is 0 Å². The number of nitriles is 1. The summed E-state index contributed by atoms with van der Waals surface area (Å²) in [5.41, 5.74) is 0.233. The summed E-state index contributed by atoms with van der Waals surface area (Å²) in [4.78, 5) is 24.1. The Morgan fingerprint density at radius 3 is 2.61 bits per heavy atom. The highest BCUT2D eigenvalue weighted by Gasteiger charge is 2.01. The maximum atomic E-state index is 11.3. The van der Waals surface area contributed by atoms with Crippen LogP contribution in [0.15, 0.2) is 33.9 Å². The number of hydrogen-bond acceptors (Lipinski definition) is 5. The fourth-order valence-electron chi connectivity index (χ4n) is 1.35. The molecule has 0 aliphatic heterocycles. The van der Waals surface area contributed by atoms with Gasteiger partial charge in [-0.05, 0) is 17.7 Å². The molecule has 0 bridgehead atoms. The highest BCUT2D eigenvalue weighted by atomic mass is 16.2. The summed E-state index contributed by atoms with van der Waals surface area (Å²) in [6, 6.07) is 8.92. The lowest BCUT2D eigenvalue weighted by Gasteiger charge is -2.03. The summed E-state index contributed by atoms with van der Waals surface area (Å²) in [5.74, 6) is 0.0407. The van der Waals surface area contributed by atoms with Crippen LogP contribution < -0.4 is 16.6 Å². The van der Waals surface area contributed by atoms with Gasteiger partial charge in [-0.15, -0.1) is 5.10 Å². The molecular weight excluding hydrogens is 234 g/mol. The lowest BCUT2D eigenvalue weighted by atomic mass is 10.1. The summed E-state index contributed by atoms with van der Waals surface area (Å²) in [6.07, 6.45) is 0. The van der Waals surface area contributed by atoms with E-state index in [2.05, 4.69) is 20.5 Å². The van der Waals surface area contributed by atoms with Crippen molar-refractivity contribution in [2.45, 2.75) is 6.54 Å². The van der Waals surface area contributed by atoms with Gasteiger partial charge in [0.1, 0.15) is 0 Å². The molecule has 2 aromatic rings. The van der Waals surface area contributed by atoms with Crippen LogP contribution in [0, 0.1) is 11.3 Å². The molecule has 0 spiro atoms. The largest absolute Gasteiger partial charge is 0.360 e. The molecule has 7 nitrogen and oxygen atoms in total. The van der Waals surface area contributed by atoms with Crippen LogP contribution >= 0.6 is 0 Å². The van der Waals surface area contributed by atoms with E-state index in [0.29, 0.717) is 12.1 Å². The molecule has 18 heavy (non-hydrogen) atoms. The first-order valence-corrected chi connectivity index (χ1v) is 5.11. The summed E-state index contributed by atoms with van der Waals surface area (Å²) >= 11 is 0. The molecule has 90 valence electrons. The zero-order valence-corrected chi connectivity index (χ0v) is 9.23. The van der Waals surface area contributed by atoms with Gasteiger partial charge in [-0.2, -0.15) is 5.26 Å². The van der Waals surface area contributed by atoms with Crippen LogP contribution in [0.4, 0.5) is 5.82 Å². The minimum Gasteiger partial charge on any atom is -0.360 e. The molecule has 1 aromatic heterocycles. The van der Waals surface area contributed by atoms with Gasteiger partial charge in [0.25, 0.3) is 5.56 Å². The molecule has 3 N–H and O–H groups in total. The second-order valence-corrected chi connectivity index (χ2v) is 3.52. The van der Waals surface area contributed by atoms with Crippen LogP contribution in [-0.4, -0.2) is 15.2 Å². The predicted octanol–water partition coefficient (Wildman–Crippen LogP) is -0.0580. The summed E-state index contributed by atoms with van der Waals surface area (Å²) in [7, 11) is 0. The predicted molar refractivity (Wildman–Crippen MR) is 64.0 cm³/mol. The van der Waals surface area contributed by atoms with Crippen LogP contribution in [0.25, 0.3) is 0 Å². The number of aromatic amines is 2. The molecule has 0 aliphatic rings. The second kappa shape index (κ2) is 4.97. The molecule has 0 atom stereocenters. The van der Waals surface area contributed by atoms with Crippen molar-refractivity contribution in [3.63, 3.8) is 0 Å². The number of rotatable bonds is 3. The second-order valence-electron chi connectivity index (χ2n) is 3.52. The Labute approximate surface area is 101 Å². The summed E-state index contributed by atoms with van der Waals surface area (Å²) in [6.45, 7) is 0.369. The molecule has 7 heteroatoms. The number of nitrogens with one attached hydrogen (secondary N) is 3. The van der Waals surface area contributed by atoms with E-state index in [1.807, 2.05) is 6.07 Å². The topological polar surface area (TPSA) is 114 Å². The summed E-state index contributed by atoms with van der Waals surface area (Å²) in [5, 5.41) is 17.1. The highest BCUT2D eigenvalue weighted by Crippen LogP contribution is 2.04. The van der Waals surface area contributed by atoms with Crippen LogP contribution in [0.2, 0.25) is 0 Å². The smallest absolute Gasteiger partial charge is 0.342 e. The average Bonchev–Trinajstić information content (AvgIpc) is 2.38. The lowest BCUT2D eigenvalue weighted by Crippen LogP contribution is -2.26. The van der Waals surface area contributed by atoms with Crippen molar-refractivity contribution in [2.24, 2.45) is 0 Å². The number of benzene rings is 1. The van der Waals surface area contributed by atoms with E-state index >= 15 is 0 Å². The van der Waals surface area contributed by atoms with Gasteiger partial charge in [-0.3, -0.25) is 9.78 Å². The van der Waals surface area contributed by atoms with Gasteiger partial charge in [0.2, 0.25) is 5.82 Å². The van der Waals surface area contributed by atoms with Gasteiger partial charge < -0.3 is 5.32 Å². The normalized spacial score (nSPS) is 9.72. The van der Waals surface area contributed by atoms with E-state index in [4.69, 9.17) is 5.26 Å². The van der Waals surface area contributed by atoms with E-state index in [1.165, 1.54) is 0 Å². The van der Waals surface area contributed by atoms with E-state index in [1.54, 1.807) is 24.3 Å². The fourth-order valence-corrected chi connectivity index (χ4v) is 1.35. The molecule has 0 saturated carbocycles.